The summed E-state index contributed by atoms with van der Waals surface area (Å²) in [6, 6.07) is 16.5. The lowest BCUT2D eigenvalue weighted by Gasteiger charge is -2.16. The molecule has 6 rings (SSSR count). The van der Waals surface area contributed by atoms with E-state index >= 15 is 0 Å². The van der Waals surface area contributed by atoms with E-state index in [9.17, 15) is 0 Å². The van der Waals surface area contributed by atoms with Crippen molar-refractivity contribution < 1.29 is 4.57 Å². The van der Waals surface area contributed by atoms with Crippen LogP contribution in [-0.2, 0) is 13.5 Å². The molecule has 0 unspecified atom stereocenters. The highest BCUT2D eigenvalue weighted by Gasteiger charge is 2.25. The summed E-state index contributed by atoms with van der Waals surface area (Å²) in [5.74, 6) is 0.633. The van der Waals surface area contributed by atoms with Crippen molar-refractivity contribution in [1.82, 2.24) is 4.40 Å². The second kappa shape index (κ2) is 6.20. The summed E-state index contributed by atoms with van der Waals surface area (Å²) in [6.45, 7) is 11.3. The smallest absolute Gasteiger partial charge is 0.224 e. The molecule has 0 aliphatic rings. The molecule has 0 N–H and O–H groups in total. The number of aromatic nitrogens is 2. The maximum Gasteiger partial charge on any atom is 0.224 e. The quantitative estimate of drug-likeness (QED) is 0.168. The third-order valence-corrected chi connectivity index (χ3v) is 7.12. The van der Waals surface area contributed by atoms with Crippen molar-refractivity contribution in [3.8, 4) is 0 Å². The number of nitrogens with zero attached hydrogens (tertiary/aromatic N) is 2. The van der Waals surface area contributed by atoms with Crippen molar-refractivity contribution in [2.24, 2.45) is 13.0 Å². The molecule has 2 nitrogen and oxygen atoms in total. The van der Waals surface area contributed by atoms with E-state index < -0.39 is 0 Å². The van der Waals surface area contributed by atoms with Gasteiger partial charge in [0.2, 0.25) is 5.52 Å². The summed E-state index contributed by atoms with van der Waals surface area (Å²) in [4.78, 5) is 0. The summed E-state index contributed by atoms with van der Waals surface area (Å²) in [7, 11) is 2.19. The zero-order valence-electron chi connectivity index (χ0n) is 19.3. The number of hydrogen-bond acceptors (Lipinski definition) is 0. The van der Waals surface area contributed by atoms with E-state index in [1.165, 1.54) is 71.3 Å². The van der Waals surface area contributed by atoms with Crippen molar-refractivity contribution >= 4 is 49.0 Å². The van der Waals surface area contributed by atoms with Gasteiger partial charge < -0.3 is 4.40 Å². The Hall–Kier alpha value is -3.13. The highest BCUT2D eigenvalue weighted by molar-refractivity contribution is 6.26. The number of benzene rings is 3. The average Bonchev–Trinajstić information content (AvgIpc) is 3.02. The maximum absolute atomic E-state index is 2.55. The zero-order valence-corrected chi connectivity index (χ0v) is 19.3. The third-order valence-electron chi connectivity index (χ3n) is 7.12. The van der Waals surface area contributed by atoms with Crippen molar-refractivity contribution in [3.63, 3.8) is 0 Å². The molecule has 6 aromatic rings. The molecule has 0 saturated heterocycles. The fraction of sp³-hybridized carbons (Fsp3) is 0.276. The van der Waals surface area contributed by atoms with Gasteiger partial charge in [-0.15, -0.1) is 0 Å². The Morgan fingerprint density at radius 2 is 1.68 bits per heavy atom. The van der Waals surface area contributed by atoms with E-state index in [1.54, 1.807) is 0 Å². The van der Waals surface area contributed by atoms with Crippen LogP contribution in [0.1, 0.15) is 36.1 Å². The molecule has 0 fully saturated rings. The molecule has 0 radical (unpaired) electrons. The first-order valence-corrected chi connectivity index (χ1v) is 11.4. The van der Waals surface area contributed by atoms with Gasteiger partial charge >= 0.3 is 0 Å². The Bertz CT molecular complexity index is 1660. The molecule has 0 aliphatic heterocycles. The van der Waals surface area contributed by atoms with Gasteiger partial charge in [0.05, 0.1) is 27.3 Å². The SMILES string of the molecule is Cc1ccc2c(c1)c1cc(C)c(C)c3c1n2c1cc(CC(C)C)cc2cc[n+](C)c3c21. The van der Waals surface area contributed by atoms with Crippen molar-refractivity contribution in [1.29, 1.82) is 0 Å². The Labute approximate surface area is 183 Å². The van der Waals surface area contributed by atoms with Crippen LogP contribution in [0.4, 0.5) is 0 Å². The third kappa shape index (κ3) is 2.42. The molecule has 3 aromatic heterocycles. The molecule has 31 heavy (non-hydrogen) atoms. The minimum absolute atomic E-state index is 0.633. The fourth-order valence-electron chi connectivity index (χ4n) is 5.67. The first-order chi connectivity index (χ1) is 14.8. The van der Waals surface area contributed by atoms with E-state index in [-0.39, 0.29) is 0 Å². The summed E-state index contributed by atoms with van der Waals surface area (Å²) < 4.78 is 4.87. The minimum Gasteiger partial charge on any atom is -0.307 e. The Morgan fingerprint density at radius 3 is 2.45 bits per heavy atom. The van der Waals surface area contributed by atoms with Gasteiger partial charge in [0.1, 0.15) is 7.05 Å². The van der Waals surface area contributed by atoms with Gasteiger partial charge in [-0.2, -0.15) is 0 Å². The van der Waals surface area contributed by atoms with E-state index in [1.807, 2.05) is 0 Å². The normalized spacial score (nSPS) is 12.6. The van der Waals surface area contributed by atoms with E-state index in [2.05, 4.69) is 99.3 Å². The average molecular weight is 406 g/mol. The lowest BCUT2D eigenvalue weighted by atomic mass is 9.94. The van der Waals surface area contributed by atoms with Gasteiger partial charge in [0, 0.05) is 16.8 Å². The molecule has 0 spiro atoms. The van der Waals surface area contributed by atoms with Gasteiger partial charge in [0.25, 0.3) is 0 Å². The van der Waals surface area contributed by atoms with E-state index in [0.29, 0.717) is 5.92 Å². The van der Waals surface area contributed by atoms with Crippen LogP contribution in [0.25, 0.3) is 49.0 Å². The predicted molar refractivity (Wildman–Crippen MR) is 133 cm³/mol. The maximum atomic E-state index is 2.55. The molecular weight excluding hydrogens is 376 g/mol. The molecule has 0 bridgehead atoms. The van der Waals surface area contributed by atoms with Crippen LogP contribution in [0.3, 0.4) is 0 Å². The lowest BCUT2D eigenvalue weighted by molar-refractivity contribution is -0.643. The van der Waals surface area contributed by atoms with Gasteiger partial charge in [0.15, 0.2) is 6.20 Å². The molecule has 0 atom stereocenters. The molecule has 0 aliphatic carbocycles. The minimum atomic E-state index is 0.633. The van der Waals surface area contributed by atoms with Crippen LogP contribution in [-0.4, -0.2) is 4.40 Å². The monoisotopic (exact) mass is 405 g/mol. The first kappa shape index (κ1) is 18.6. The molecule has 2 heteroatoms. The van der Waals surface area contributed by atoms with Crippen LogP contribution in [0.5, 0.6) is 0 Å². The van der Waals surface area contributed by atoms with Gasteiger partial charge in [-0.25, -0.2) is 4.57 Å². The first-order valence-electron chi connectivity index (χ1n) is 11.4. The van der Waals surface area contributed by atoms with Crippen LogP contribution >= 0.6 is 0 Å². The standard InChI is InChI=1S/C29H29N2/c1-16(2)11-20-14-21-9-10-30(6)29-26-19(5)18(4)13-23-22-12-17(3)7-8-24(22)31(28(23)26)25(15-20)27(21)29/h7-10,12-16H,11H2,1-6H3/q+1. The second-order valence-electron chi connectivity index (χ2n) is 9.90. The van der Waals surface area contributed by atoms with Crippen LogP contribution < -0.4 is 4.57 Å². The summed E-state index contributed by atoms with van der Waals surface area (Å²) in [5.41, 5.74) is 10.8. The predicted octanol–water partition coefficient (Wildman–Crippen LogP) is 6.94. The summed E-state index contributed by atoms with van der Waals surface area (Å²) in [6.07, 6.45) is 3.33. The summed E-state index contributed by atoms with van der Waals surface area (Å²) in [5, 5.41) is 6.83. The highest BCUT2D eigenvalue weighted by atomic mass is 15.0. The number of aryl methyl sites for hydroxylation is 4. The molecule has 154 valence electrons. The van der Waals surface area contributed by atoms with Crippen molar-refractivity contribution in [2.75, 3.05) is 0 Å². The van der Waals surface area contributed by atoms with E-state index in [0.717, 1.165) is 6.42 Å². The van der Waals surface area contributed by atoms with Crippen LogP contribution in [0.15, 0.2) is 48.7 Å². The highest BCUT2D eigenvalue weighted by Crippen LogP contribution is 2.42. The van der Waals surface area contributed by atoms with Crippen molar-refractivity contribution in [3.05, 3.63) is 70.9 Å². The Balaban J connectivity index is 2.02. The molecule has 3 aromatic carbocycles. The number of pyridine rings is 2. The number of rotatable bonds is 2. The number of hydrogen-bond donors (Lipinski definition) is 0. The molecule has 3 heterocycles. The van der Waals surface area contributed by atoms with E-state index in [4.69, 9.17) is 0 Å². The van der Waals surface area contributed by atoms with Gasteiger partial charge in [-0.05, 0) is 79.5 Å². The summed E-state index contributed by atoms with van der Waals surface area (Å²) >= 11 is 0. The molecular formula is C29H29N2+. The van der Waals surface area contributed by atoms with Crippen LogP contribution in [0, 0.1) is 26.7 Å². The fourth-order valence-corrected chi connectivity index (χ4v) is 5.67. The van der Waals surface area contributed by atoms with Gasteiger partial charge in [-0.1, -0.05) is 31.5 Å². The lowest BCUT2D eigenvalue weighted by Crippen LogP contribution is -2.29. The van der Waals surface area contributed by atoms with Crippen LogP contribution in [0.2, 0.25) is 0 Å². The van der Waals surface area contributed by atoms with Crippen molar-refractivity contribution in [2.45, 2.75) is 41.0 Å². The largest absolute Gasteiger partial charge is 0.307 e. The second-order valence-corrected chi connectivity index (χ2v) is 9.90. The topological polar surface area (TPSA) is 8.29 Å². The molecule has 0 amide bonds. The zero-order chi connectivity index (χ0) is 21.6. The molecule has 0 saturated carbocycles. The van der Waals surface area contributed by atoms with Gasteiger partial charge in [-0.3, -0.25) is 0 Å². The Morgan fingerprint density at radius 1 is 0.871 bits per heavy atom. The Kier molecular flexibility index (Phi) is 3.72. The number of fused-ring (bicyclic) bond motifs is 5.